The molecule has 2 rings (SSSR count). The number of carbonyl (C=O) groups is 2. The van der Waals surface area contributed by atoms with Crippen LogP contribution in [0.4, 0.5) is 0 Å². The number of likely N-dealkylation sites (N-methyl/N-ethyl adjacent to an activating group) is 1. The van der Waals surface area contributed by atoms with E-state index in [4.69, 9.17) is 4.74 Å². The minimum absolute atomic E-state index is 0.00528. The molecule has 0 aliphatic carbocycles. The normalized spacial score (nSPS) is 15.5. The summed E-state index contributed by atoms with van der Waals surface area (Å²) in [6, 6.07) is 6.73. The average molecular weight is 306 g/mol. The van der Waals surface area contributed by atoms with Gasteiger partial charge < -0.3 is 14.7 Å². The molecule has 6 heteroatoms. The standard InChI is InChI=1S/C16H22N2O4/c1-3-22-9-8-17(2)10-12(19)11-18-15(20)13-6-4-5-7-14(13)16(18)21/h4-7,12,19H,3,8-11H2,1-2H3/t12-/m1/s1. The Morgan fingerprint density at radius 3 is 2.36 bits per heavy atom. The van der Waals surface area contributed by atoms with E-state index in [1.807, 2.05) is 18.9 Å². The van der Waals surface area contributed by atoms with Crippen molar-refractivity contribution in [3.05, 3.63) is 35.4 Å². The molecule has 1 aliphatic heterocycles. The SMILES string of the molecule is CCOCCN(C)C[C@@H](O)CN1C(=O)c2ccccc2C1=O. The monoisotopic (exact) mass is 306 g/mol. The van der Waals surface area contributed by atoms with E-state index in [0.29, 0.717) is 37.4 Å². The predicted molar refractivity (Wildman–Crippen MR) is 81.8 cm³/mol. The molecule has 1 heterocycles. The highest BCUT2D eigenvalue weighted by molar-refractivity contribution is 6.21. The summed E-state index contributed by atoms with van der Waals surface area (Å²) in [6.07, 6.45) is -0.783. The van der Waals surface area contributed by atoms with Crippen molar-refractivity contribution in [1.29, 1.82) is 0 Å². The Morgan fingerprint density at radius 2 is 1.82 bits per heavy atom. The summed E-state index contributed by atoms with van der Waals surface area (Å²) in [4.78, 5) is 27.4. The van der Waals surface area contributed by atoms with Gasteiger partial charge >= 0.3 is 0 Å². The van der Waals surface area contributed by atoms with Gasteiger partial charge in [0.15, 0.2) is 0 Å². The number of carbonyl (C=O) groups excluding carboxylic acids is 2. The molecule has 2 amide bonds. The first-order valence-corrected chi connectivity index (χ1v) is 7.44. The molecule has 0 fully saturated rings. The first-order valence-electron chi connectivity index (χ1n) is 7.44. The maximum Gasteiger partial charge on any atom is 0.261 e. The van der Waals surface area contributed by atoms with E-state index < -0.39 is 6.10 Å². The number of rotatable bonds is 8. The Kier molecular flexibility index (Phi) is 5.65. The molecule has 0 saturated heterocycles. The van der Waals surface area contributed by atoms with Crippen molar-refractivity contribution in [3.8, 4) is 0 Å². The minimum atomic E-state index is -0.783. The molecule has 0 bridgehead atoms. The second-order valence-electron chi connectivity index (χ2n) is 5.38. The topological polar surface area (TPSA) is 70.1 Å². The number of fused-ring (bicyclic) bond motifs is 1. The number of aliphatic hydroxyl groups is 1. The minimum Gasteiger partial charge on any atom is -0.390 e. The number of hydrogen-bond donors (Lipinski definition) is 1. The average Bonchev–Trinajstić information content (AvgIpc) is 2.73. The number of imide groups is 1. The molecule has 1 N–H and O–H groups in total. The van der Waals surface area contributed by atoms with E-state index >= 15 is 0 Å². The fraction of sp³-hybridized carbons (Fsp3) is 0.500. The van der Waals surface area contributed by atoms with Crippen LogP contribution < -0.4 is 0 Å². The number of nitrogens with zero attached hydrogens (tertiary/aromatic N) is 2. The number of hydrogen-bond acceptors (Lipinski definition) is 5. The number of ether oxygens (including phenoxy) is 1. The zero-order chi connectivity index (χ0) is 16.1. The molecule has 1 aromatic carbocycles. The molecule has 0 saturated carbocycles. The van der Waals surface area contributed by atoms with Crippen molar-refractivity contribution in [2.45, 2.75) is 13.0 Å². The van der Waals surface area contributed by atoms with Gasteiger partial charge in [-0.1, -0.05) is 12.1 Å². The molecule has 0 unspecified atom stereocenters. The highest BCUT2D eigenvalue weighted by Crippen LogP contribution is 2.22. The van der Waals surface area contributed by atoms with Crippen LogP contribution >= 0.6 is 0 Å². The van der Waals surface area contributed by atoms with E-state index in [0.717, 1.165) is 4.90 Å². The van der Waals surface area contributed by atoms with Crippen molar-refractivity contribution in [2.24, 2.45) is 0 Å². The van der Waals surface area contributed by atoms with Gasteiger partial charge in [-0.25, -0.2) is 0 Å². The van der Waals surface area contributed by atoms with Gasteiger partial charge in [0.2, 0.25) is 0 Å². The molecule has 1 aromatic rings. The second kappa shape index (κ2) is 7.49. The number of β-amino-alcohol motifs (C(OH)–C–C–N with tert-alkyl or cyclic N) is 1. The van der Waals surface area contributed by atoms with Crippen molar-refractivity contribution in [2.75, 3.05) is 39.9 Å². The lowest BCUT2D eigenvalue weighted by Gasteiger charge is -2.23. The van der Waals surface area contributed by atoms with Crippen LogP contribution in [0.25, 0.3) is 0 Å². The van der Waals surface area contributed by atoms with Crippen LogP contribution in [0.2, 0.25) is 0 Å². The number of benzene rings is 1. The zero-order valence-corrected chi connectivity index (χ0v) is 13.0. The van der Waals surface area contributed by atoms with E-state index in [1.165, 1.54) is 0 Å². The van der Waals surface area contributed by atoms with Gasteiger partial charge in [0, 0.05) is 19.7 Å². The fourth-order valence-electron chi connectivity index (χ4n) is 2.49. The summed E-state index contributed by atoms with van der Waals surface area (Å²) in [6.45, 7) is 4.24. The summed E-state index contributed by atoms with van der Waals surface area (Å²) in [5.74, 6) is -0.673. The van der Waals surface area contributed by atoms with Crippen molar-refractivity contribution < 1.29 is 19.4 Å². The number of amides is 2. The number of aliphatic hydroxyl groups excluding tert-OH is 1. The van der Waals surface area contributed by atoms with E-state index in [-0.39, 0.29) is 18.4 Å². The molecule has 22 heavy (non-hydrogen) atoms. The Balaban J connectivity index is 1.89. The van der Waals surface area contributed by atoms with Crippen LogP contribution in [0, 0.1) is 0 Å². The first kappa shape index (κ1) is 16.6. The van der Waals surface area contributed by atoms with Crippen molar-refractivity contribution in [3.63, 3.8) is 0 Å². The smallest absolute Gasteiger partial charge is 0.261 e. The van der Waals surface area contributed by atoms with Crippen LogP contribution in [0.1, 0.15) is 27.6 Å². The molecule has 1 aliphatic rings. The highest BCUT2D eigenvalue weighted by Gasteiger charge is 2.36. The summed E-state index contributed by atoms with van der Waals surface area (Å²) >= 11 is 0. The lowest BCUT2D eigenvalue weighted by Crippen LogP contribution is -2.42. The zero-order valence-electron chi connectivity index (χ0n) is 13.0. The van der Waals surface area contributed by atoms with Crippen molar-refractivity contribution >= 4 is 11.8 Å². The van der Waals surface area contributed by atoms with Gasteiger partial charge in [-0.2, -0.15) is 0 Å². The fourth-order valence-corrected chi connectivity index (χ4v) is 2.49. The van der Waals surface area contributed by atoms with Gasteiger partial charge in [-0.15, -0.1) is 0 Å². The Labute approximate surface area is 130 Å². The van der Waals surface area contributed by atoms with Gasteiger partial charge in [0.05, 0.1) is 30.4 Å². The van der Waals surface area contributed by atoms with Gasteiger partial charge in [-0.05, 0) is 26.1 Å². The maximum atomic E-state index is 12.2. The second-order valence-corrected chi connectivity index (χ2v) is 5.38. The van der Waals surface area contributed by atoms with Gasteiger partial charge in [0.1, 0.15) is 0 Å². The Bertz CT molecular complexity index is 512. The molecule has 1 atom stereocenters. The third-order valence-electron chi connectivity index (χ3n) is 3.62. The first-order chi connectivity index (χ1) is 10.5. The van der Waals surface area contributed by atoms with Crippen LogP contribution in [0.5, 0.6) is 0 Å². The summed E-state index contributed by atoms with van der Waals surface area (Å²) in [5.41, 5.74) is 0.814. The summed E-state index contributed by atoms with van der Waals surface area (Å²) < 4.78 is 5.25. The third kappa shape index (κ3) is 3.71. The molecular formula is C16H22N2O4. The summed E-state index contributed by atoms with van der Waals surface area (Å²) in [5, 5.41) is 10.1. The van der Waals surface area contributed by atoms with Crippen molar-refractivity contribution in [1.82, 2.24) is 9.80 Å². The van der Waals surface area contributed by atoms with Gasteiger partial charge in [-0.3, -0.25) is 14.5 Å². The van der Waals surface area contributed by atoms with Crippen LogP contribution in [0.15, 0.2) is 24.3 Å². The molecule has 0 radical (unpaired) electrons. The maximum absolute atomic E-state index is 12.2. The molecular weight excluding hydrogens is 284 g/mol. The highest BCUT2D eigenvalue weighted by atomic mass is 16.5. The third-order valence-corrected chi connectivity index (χ3v) is 3.62. The lowest BCUT2D eigenvalue weighted by molar-refractivity contribution is 0.0460. The molecule has 6 nitrogen and oxygen atoms in total. The molecule has 0 spiro atoms. The molecule has 0 aromatic heterocycles. The van der Waals surface area contributed by atoms with E-state index in [9.17, 15) is 14.7 Å². The Morgan fingerprint density at radius 1 is 1.23 bits per heavy atom. The van der Waals surface area contributed by atoms with E-state index in [2.05, 4.69) is 0 Å². The summed E-state index contributed by atoms with van der Waals surface area (Å²) in [7, 11) is 1.87. The largest absolute Gasteiger partial charge is 0.390 e. The Hall–Kier alpha value is -1.76. The van der Waals surface area contributed by atoms with Crippen LogP contribution in [-0.4, -0.2) is 72.7 Å². The van der Waals surface area contributed by atoms with E-state index in [1.54, 1.807) is 24.3 Å². The lowest BCUT2D eigenvalue weighted by atomic mass is 10.1. The quantitative estimate of drug-likeness (QED) is 0.563. The van der Waals surface area contributed by atoms with Crippen LogP contribution in [-0.2, 0) is 4.74 Å². The van der Waals surface area contributed by atoms with Crippen LogP contribution in [0.3, 0.4) is 0 Å². The molecule has 120 valence electrons. The van der Waals surface area contributed by atoms with Gasteiger partial charge in [0.25, 0.3) is 11.8 Å². The predicted octanol–water partition coefficient (Wildman–Crippen LogP) is 0.612.